The van der Waals surface area contributed by atoms with Crippen molar-refractivity contribution >= 4 is 5.91 Å². The zero-order valence-corrected chi connectivity index (χ0v) is 12.6. The first kappa shape index (κ1) is 15.0. The van der Waals surface area contributed by atoms with Gasteiger partial charge in [-0.3, -0.25) is 4.79 Å². The molecule has 20 heavy (non-hydrogen) atoms. The zero-order chi connectivity index (χ0) is 14.4. The fourth-order valence-electron chi connectivity index (χ4n) is 2.78. The third-order valence-corrected chi connectivity index (χ3v) is 4.10. The van der Waals surface area contributed by atoms with Gasteiger partial charge in [0.05, 0.1) is 0 Å². The molecule has 3 nitrogen and oxygen atoms in total. The molecular weight excluding hydrogens is 248 g/mol. The van der Waals surface area contributed by atoms with Crippen molar-refractivity contribution in [3.8, 4) is 0 Å². The lowest BCUT2D eigenvalue weighted by molar-refractivity contribution is -0.129. The van der Waals surface area contributed by atoms with Crippen LogP contribution >= 0.6 is 0 Å². The Hall–Kier alpha value is -1.35. The smallest absolute Gasteiger partial charge is 0.225 e. The highest BCUT2D eigenvalue weighted by molar-refractivity contribution is 5.82. The van der Waals surface area contributed by atoms with Crippen LogP contribution in [-0.4, -0.2) is 25.5 Å². The molecule has 1 aliphatic rings. The highest BCUT2D eigenvalue weighted by Crippen LogP contribution is 2.22. The van der Waals surface area contributed by atoms with Gasteiger partial charge in [0.1, 0.15) is 0 Å². The van der Waals surface area contributed by atoms with Crippen molar-refractivity contribution in [2.45, 2.75) is 33.1 Å². The van der Waals surface area contributed by atoms with E-state index in [0.29, 0.717) is 0 Å². The number of carbonyl (C=O) groups is 1. The van der Waals surface area contributed by atoms with E-state index in [-0.39, 0.29) is 11.3 Å². The van der Waals surface area contributed by atoms with E-state index in [1.165, 1.54) is 12.0 Å². The van der Waals surface area contributed by atoms with Crippen molar-refractivity contribution in [3.63, 3.8) is 0 Å². The topological polar surface area (TPSA) is 41.1 Å². The summed E-state index contributed by atoms with van der Waals surface area (Å²) in [4.78, 5) is 12.3. The van der Waals surface area contributed by atoms with E-state index in [4.69, 9.17) is 0 Å². The summed E-state index contributed by atoms with van der Waals surface area (Å²) in [6.45, 7) is 7.06. The fourth-order valence-corrected chi connectivity index (χ4v) is 2.78. The fraction of sp³-hybridized carbons (Fsp3) is 0.588. The van der Waals surface area contributed by atoms with Crippen LogP contribution in [0.1, 0.15) is 32.3 Å². The molecule has 2 rings (SSSR count). The van der Waals surface area contributed by atoms with E-state index in [0.717, 1.165) is 38.4 Å². The number of hydrogen-bond acceptors (Lipinski definition) is 2. The van der Waals surface area contributed by atoms with E-state index >= 15 is 0 Å². The molecule has 2 N–H and O–H groups in total. The van der Waals surface area contributed by atoms with E-state index in [1.807, 2.05) is 32.0 Å². The molecule has 0 saturated carbocycles. The minimum Gasteiger partial charge on any atom is -0.356 e. The van der Waals surface area contributed by atoms with Crippen LogP contribution in [0.25, 0.3) is 0 Å². The summed E-state index contributed by atoms with van der Waals surface area (Å²) in [5, 5.41) is 6.46. The molecule has 1 aromatic rings. The number of rotatable bonds is 6. The molecule has 1 aromatic carbocycles. The number of benzene rings is 1. The SMILES string of the molecule is CC(C)(Cc1ccccc1)C(=O)NCCC1CCNC1. The van der Waals surface area contributed by atoms with Gasteiger partial charge >= 0.3 is 0 Å². The summed E-state index contributed by atoms with van der Waals surface area (Å²) >= 11 is 0. The van der Waals surface area contributed by atoms with Crippen molar-refractivity contribution in [2.75, 3.05) is 19.6 Å². The quantitative estimate of drug-likeness (QED) is 0.836. The highest BCUT2D eigenvalue weighted by Gasteiger charge is 2.27. The Balaban J connectivity index is 1.77. The summed E-state index contributed by atoms with van der Waals surface area (Å²) in [5.74, 6) is 0.889. The lowest BCUT2D eigenvalue weighted by Gasteiger charge is -2.24. The average molecular weight is 274 g/mol. The largest absolute Gasteiger partial charge is 0.356 e. The van der Waals surface area contributed by atoms with Gasteiger partial charge in [-0.1, -0.05) is 44.2 Å². The Kier molecular flexibility index (Phi) is 5.18. The van der Waals surface area contributed by atoms with Crippen molar-refractivity contribution in [1.82, 2.24) is 10.6 Å². The summed E-state index contributed by atoms with van der Waals surface area (Å²) in [6, 6.07) is 10.2. The summed E-state index contributed by atoms with van der Waals surface area (Å²) in [5.41, 5.74) is 0.864. The lowest BCUT2D eigenvalue weighted by Crippen LogP contribution is -2.39. The van der Waals surface area contributed by atoms with Crippen LogP contribution in [0.5, 0.6) is 0 Å². The maximum absolute atomic E-state index is 12.3. The van der Waals surface area contributed by atoms with E-state index < -0.39 is 0 Å². The molecule has 0 radical (unpaired) electrons. The predicted molar refractivity (Wildman–Crippen MR) is 82.5 cm³/mol. The first-order chi connectivity index (χ1) is 9.58. The van der Waals surface area contributed by atoms with Crippen molar-refractivity contribution < 1.29 is 4.79 Å². The molecule has 3 heteroatoms. The molecule has 1 unspecified atom stereocenters. The van der Waals surface area contributed by atoms with Gasteiger partial charge in [0.15, 0.2) is 0 Å². The monoisotopic (exact) mass is 274 g/mol. The second-order valence-corrected chi connectivity index (χ2v) is 6.45. The molecule has 1 fully saturated rings. The van der Waals surface area contributed by atoms with Gasteiger partial charge in [-0.05, 0) is 43.8 Å². The van der Waals surface area contributed by atoms with E-state index in [9.17, 15) is 4.79 Å². The summed E-state index contributed by atoms with van der Waals surface area (Å²) in [7, 11) is 0. The average Bonchev–Trinajstić information content (AvgIpc) is 2.92. The van der Waals surface area contributed by atoms with Crippen LogP contribution in [0, 0.1) is 11.3 Å². The molecule has 1 aliphatic heterocycles. The van der Waals surface area contributed by atoms with E-state index in [1.54, 1.807) is 0 Å². The molecular formula is C17H26N2O. The van der Waals surface area contributed by atoms with Gasteiger partial charge in [-0.2, -0.15) is 0 Å². The number of hydrogen-bond donors (Lipinski definition) is 2. The standard InChI is InChI=1S/C17H26N2O/c1-17(2,12-14-6-4-3-5-7-14)16(20)19-11-9-15-8-10-18-13-15/h3-7,15,18H,8-13H2,1-2H3,(H,19,20). The number of carbonyl (C=O) groups excluding carboxylic acids is 1. The molecule has 0 aromatic heterocycles. The molecule has 0 aliphatic carbocycles. The Labute approximate surface area is 122 Å². The molecule has 1 heterocycles. The molecule has 0 bridgehead atoms. The summed E-state index contributed by atoms with van der Waals surface area (Å²) < 4.78 is 0. The Morgan fingerprint density at radius 2 is 2.10 bits per heavy atom. The minimum absolute atomic E-state index is 0.160. The van der Waals surface area contributed by atoms with Crippen molar-refractivity contribution in [2.24, 2.45) is 11.3 Å². The lowest BCUT2D eigenvalue weighted by atomic mass is 9.84. The third kappa shape index (κ3) is 4.34. The molecule has 1 atom stereocenters. The van der Waals surface area contributed by atoms with Crippen LogP contribution in [0.15, 0.2) is 30.3 Å². The molecule has 110 valence electrons. The second kappa shape index (κ2) is 6.89. The van der Waals surface area contributed by atoms with Gasteiger partial charge in [-0.15, -0.1) is 0 Å². The highest BCUT2D eigenvalue weighted by atomic mass is 16.2. The Morgan fingerprint density at radius 3 is 2.75 bits per heavy atom. The zero-order valence-electron chi connectivity index (χ0n) is 12.6. The normalized spacial score (nSPS) is 19.0. The van der Waals surface area contributed by atoms with Crippen LogP contribution in [0.4, 0.5) is 0 Å². The number of amides is 1. The Bertz CT molecular complexity index is 422. The van der Waals surface area contributed by atoms with Gasteiger partial charge in [0.2, 0.25) is 5.91 Å². The number of nitrogens with one attached hydrogen (secondary N) is 2. The van der Waals surface area contributed by atoms with Crippen LogP contribution in [0.2, 0.25) is 0 Å². The molecule has 1 amide bonds. The van der Waals surface area contributed by atoms with Gasteiger partial charge < -0.3 is 10.6 Å². The van der Waals surface area contributed by atoms with Crippen LogP contribution in [0.3, 0.4) is 0 Å². The van der Waals surface area contributed by atoms with Gasteiger partial charge in [0.25, 0.3) is 0 Å². The Morgan fingerprint density at radius 1 is 1.35 bits per heavy atom. The van der Waals surface area contributed by atoms with Crippen LogP contribution < -0.4 is 10.6 Å². The van der Waals surface area contributed by atoms with Crippen LogP contribution in [-0.2, 0) is 11.2 Å². The maximum atomic E-state index is 12.3. The van der Waals surface area contributed by atoms with Crippen molar-refractivity contribution in [3.05, 3.63) is 35.9 Å². The maximum Gasteiger partial charge on any atom is 0.225 e. The van der Waals surface area contributed by atoms with E-state index in [2.05, 4.69) is 22.8 Å². The summed E-state index contributed by atoms with van der Waals surface area (Å²) in [6.07, 6.45) is 3.11. The molecule has 1 saturated heterocycles. The second-order valence-electron chi connectivity index (χ2n) is 6.45. The predicted octanol–water partition coefficient (Wildman–Crippen LogP) is 2.37. The first-order valence-electron chi connectivity index (χ1n) is 7.61. The van der Waals surface area contributed by atoms with Gasteiger partial charge in [-0.25, -0.2) is 0 Å². The first-order valence-corrected chi connectivity index (χ1v) is 7.61. The van der Waals surface area contributed by atoms with Crippen molar-refractivity contribution in [1.29, 1.82) is 0 Å². The minimum atomic E-state index is -0.352. The molecule has 0 spiro atoms. The third-order valence-electron chi connectivity index (χ3n) is 4.10. The van der Waals surface area contributed by atoms with Gasteiger partial charge in [0, 0.05) is 12.0 Å².